The lowest BCUT2D eigenvalue weighted by Crippen LogP contribution is -2.40. The van der Waals surface area contributed by atoms with Gasteiger partial charge in [-0.05, 0) is 0 Å². The van der Waals surface area contributed by atoms with Crippen molar-refractivity contribution in [3.63, 3.8) is 0 Å². The van der Waals surface area contributed by atoms with Gasteiger partial charge in [-0.25, -0.2) is 9.13 Å². The van der Waals surface area contributed by atoms with Gasteiger partial charge < -0.3 is 39.6 Å². The van der Waals surface area contributed by atoms with Gasteiger partial charge in [-0.15, -0.1) is 0 Å². The molecular weight excluding hydrogens is 296 g/mol. The van der Waals surface area contributed by atoms with Crippen molar-refractivity contribution in [2.24, 2.45) is 0 Å². The van der Waals surface area contributed by atoms with Crippen LogP contribution in [0.3, 0.4) is 0 Å². The zero-order valence-electron chi connectivity index (χ0n) is 8.71. The maximum Gasteiger partial charge on any atom is 0.414 e. The summed E-state index contributed by atoms with van der Waals surface area (Å²) in [5.74, 6) is 0. The molecule has 11 nitrogen and oxygen atoms in total. The van der Waals surface area contributed by atoms with Gasteiger partial charge in [0.15, 0.2) is 6.23 Å². The molecule has 0 spiro atoms. The van der Waals surface area contributed by atoms with Crippen molar-refractivity contribution in [1.82, 2.24) is 4.44 Å². The summed E-state index contributed by atoms with van der Waals surface area (Å²) in [5.41, 5.74) is 0. The van der Waals surface area contributed by atoms with Gasteiger partial charge in [0.05, 0.1) is 6.61 Å². The van der Waals surface area contributed by atoms with Gasteiger partial charge in [-0.1, -0.05) is 4.44 Å². The Hall–Kier alpha value is 0.1000. The van der Waals surface area contributed by atoms with Crippen LogP contribution in [-0.2, 0) is 13.9 Å². The van der Waals surface area contributed by atoms with E-state index in [-0.39, 0.29) is 0 Å². The zero-order valence-corrected chi connectivity index (χ0v) is 10.5. The molecule has 13 heteroatoms. The van der Waals surface area contributed by atoms with Crippen LogP contribution in [-0.4, -0.2) is 70.5 Å². The van der Waals surface area contributed by atoms with Crippen molar-refractivity contribution < 1.29 is 48.8 Å². The molecule has 1 rings (SSSR count). The fourth-order valence-electron chi connectivity index (χ4n) is 1.52. The van der Waals surface area contributed by atoms with Gasteiger partial charge in [-0.3, -0.25) is 0 Å². The van der Waals surface area contributed by atoms with Crippen molar-refractivity contribution in [2.45, 2.75) is 24.5 Å². The Morgan fingerprint density at radius 3 is 1.72 bits per heavy atom. The highest BCUT2D eigenvalue weighted by atomic mass is 31.3. The monoisotopic (exact) mass is 309 g/mol. The second kappa shape index (κ2) is 5.23. The van der Waals surface area contributed by atoms with Crippen LogP contribution in [0.4, 0.5) is 0 Å². The van der Waals surface area contributed by atoms with Crippen LogP contribution in [0, 0.1) is 0 Å². The average molecular weight is 309 g/mol. The number of aliphatic hydroxyl groups is 3. The van der Waals surface area contributed by atoms with Gasteiger partial charge in [0, 0.05) is 0 Å². The number of aliphatic hydroxyl groups excluding tert-OH is 3. The van der Waals surface area contributed by atoms with Crippen molar-refractivity contribution in [3.8, 4) is 0 Å². The van der Waals surface area contributed by atoms with E-state index in [9.17, 15) is 19.3 Å². The molecule has 1 heterocycles. The van der Waals surface area contributed by atoms with Crippen LogP contribution in [0.1, 0.15) is 0 Å². The summed E-state index contributed by atoms with van der Waals surface area (Å²) in [5, 5.41) is 27.5. The Morgan fingerprint density at radius 1 is 1.00 bits per heavy atom. The quantitative estimate of drug-likeness (QED) is 0.261. The first-order chi connectivity index (χ1) is 8.00. The van der Waals surface area contributed by atoms with Crippen LogP contribution in [0.5, 0.6) is 0 Å². The molecule has 4 atom stereocenters. The topological polar surface area (TPSA) is 188 Å². The highest BCUT2D eigenvalue weighted by Gasteiger charge is 2.55. The third-order valence-electron chi connectivity index (χ3n) is 2.28. The number of rotatable bonds is 4. The Labute approximate surface area is 101 Å². The molecular formula is C5H13NO10P2. The Morgan fingerprint density at radius 2 is 1.44 bits per heavy atom. The molecule has 0 saturated carbocycles. The van der Waals surface area contributed by atoms with E-state index in [1.165, 1.54) is 0 Å². The van der Waals surface area contributed by atoms with Crippen molar-refractivity contribution >= 4 is 15.5 Å². The summed E-state index contributed by atoms with van der Waals surface area (Å²) in [7, 11) is -10.9. The van der Waals surface area contributed by atoms with Gasteiger partial charge >= 0.3 is 15.5 Å². The lowest BCUT2D eigenvalue weighted by Gasteiger charge is -2.29. The molecule has 0 aromatic carbocycles. The van der Waals surface area contributed by atoms with Crippen LogP contribution < -0.4 is 0 Å². The van der Waals surface area contributed by atoms with E-state index >= 15 is 0 Å². The van der Waals surface area contributed by atoms with E-state index in [0.717, 1.165) is 0 Å². The lowest BCUT2D eigenvalue weighted by molar-refractivity contribution is -0.0564. The molecule has 1 aliphatic rings. The van der Waals surface area contributed by atoms with Crippen LogP contribution >= 0.6 is 15.5 Å². The van der Waals surface area contributed by atoms with E-state index in [0.29, 0.717) is 0 Å². The summed E-state index contributed by atoms with van der Waals surface area (Å²) < 4.78 is 26.0. The number of hydrogen-bond acceptors (Lipinski definition) is 6. The SMILES string of the molecule is O=P(O)(O)N(C1O[C@H](CO)[C@@H](O)[C@H]1O)P(=O)(O)O. The molecule has 0 aromatic rings. The molecule has 0 radical (unpaired) electrons. The van der Waals surface area contributed by atoms with Gasteiger partial charge in [0.2, 0.25) is 0 Å². The van der Waals surface area contributed by atoms with Crippen LogP contribution in [0.25, 0.3) is 0 Å². The molecule has 0 aliphatic carbocycles. The molecule has 7 N–H and O–H groups in total. The van der Waals surface area contributed by atoms with Gasteiger partial charge in [0.25, 0.3) is 0 Å². The summed E-state index contributed by atoms with van der Waals surface area (Å²) in [6.07, 6.45) is -7.28. The molecule has 18 heavy (non-hydrogen) atoms. The molecule has 0 bridgehead atoms. The first-order valence-electron chi connectivity index (χ1n) is 4.54. The highest BCUT2D eigenvalue weighted by Crippen LogP contribution is 2.60. The molecule has 1 unspecified atom stereocenters. The van der Waals surface area contributed by atoms with Crippen LogP contribution in [0.15, 0.2) is 0 Å². The third-order valence-corrected chi connectivity index (χ3v) is 5.20. The van der Waals surface area contributed by atoms with E-state index in [4.69, 9.17) is 24.7 Å². The smallest absolute Gasteiger partial charge is 0.394 e. The molecule has 1 saturated heterocycles. The first kappa shape index (κ1) is 16.2. The van der Waals surface area contributed by atoms with E-state index in [1.807, 2.05) is 0 Å². The minimum absolute atomic E-state index is 0.635. The highest BCUT2D eigenvalue weighted by molar-refractivity contribution is 7.65. The van der Waals surface area contributed by atoms with Crippen molar-refractivity contribution in [3.05, 3.63) is 0 Å². The maximum absolute atomic E-state index is 11.0. The summed E-state index contributed by atoms with van der Waals surface area (Å²) >= 11 is 0. The molecule has 108 valence electrons. The predicted octanol–water partition coefficient (Wildman–Crippen LogP) is -3.09. The van der Waals surface area contributed by atoms with Gasteiger partial charge in [0.1, 0.15) is 18.3 Å². The first-order valence-corrected chi connectivity index (χ1v) is 7.67. The minimum atomic E-state index is -5.45. The second-order valence-corrected chi connectivity index (χ2v) is 6.81. The van der Waals surface area contributed by atoms with Crippen molar-refractivity contribution in [2.75, 3.05) is 6.61 Å². The molecule has 1 fully saturated rings. The largest absolute Gasteiger partial charge is 0.414 e. The summed E-state index contributed by atoms with van der Waals surface area (Å²) in [6, 6.07) is 0. The number of hydrogen-bond donors (Lipinski definition) is 7. The van der Waals surface area contributed by atoms with E-state index < -0.39 is 51.1 Å². The standard InChI is InChI=1S/C5H13NO10P2/c7-1-2-3(8)4(9)5(16-2)6(17(10,11)12)18(13,14)15/h2-5,7-9H,1H2,(H2,10,11,12)(H2,13,14,15)/t2-,3-,4-,5?/m1/s1. The van der Waals surface area contributed by atoms with Crippen LogP contribution in [0.2, 0.25) is 0 Å². The number of ether oxygens (including phenoxy) is 1. The van der Waals surface area contributed by atoms with Crippen molar-refractivity contribution in [1.29, 1.82) is 0 Å². The number of nitrogens with zero attached hydrogens (tertiary/aromatic N) is 1. The molecule has 1 aliphatic heterocycles. The van der Waals surface area contributed by atoms with E-state index in [1.54, 1.807) is 0 Å². The third kappa shape index (κ3) is 3.16. The van der Waals surface area contributed by atoms with Gasteiger partial charge in [-0.2, -0.15) is 0 Å². The second-order valence-electron chi connectivity index (χ2n) is 3.58. The Kier molecular flexibility index (Phi) is 4.70. The Bertz CT molecular complexity index is 368. The molecule has 0 aromatic heterocycles. The summed E-state index contributed by atoms with van der Waals surface area (Å²) in [4.78, 5) is 35.4. The Balaban J connectivity index is 3.10. The molecule has 0 amide bonds. The van der Waals surface area contributed by atoms with E-state index in [2.05, 4.69) is 4.74 Å². The summed E-state index contributed by atoms with van der Waals surface area (Å²) in [6.45, 7) is -0.801. The lowest BCUT2D eigenvalue weighted by atomic mass is 10.1. The zero-order chi connectivity index (χ0) is 14.3. The predicted molar refractivity (Wildman–Crippen MR) is 53.7 cm³/mol. The average Bonchev–Trinajstić information content (AvgIpc) is 2.41. The fourth-order valence-corrected chi connectivity index (χ4v) is 3.71. The fraction of sp³-hybridized carbons (Fsp3) is 1.00. The minimum Gasteiger partial charge on any atom is -0.394 e. The normalized spacial score (nSPS) is 34.2. The maximum atomic E-state index is 11.0.